The van der Waals surface area contributed by atoms with Crippen LogP contribution in [0, 0.1) is 11.8 Å². The number of carbonyl (C=O) groups is 1. The van der Waals surface area contributed by atoms with Gasteiger partial charge in [-0.15, -0.1) is 0 Å². The lowest BCUT2D eigenvalue weighted by atomic mass is 9.87. The molecule has 0 amide bonds. The zero-order valence-corrected chi connectivity index (χ0v) is 35.7. The van der Waals surface area contributed by atoms with Crippen molar-refractivity contribution in [2.45, 2.75) is 167 Å². The van der Waals surface area contributed by atoms with Gasteiger partial charge in [0.15, 0.2) is 19.9 Å². The van der Waals surface area contributed by atoms with Gasteiger partial charge in [-0.25, -0.2) is 4.98 Å². The smallest absolute Gasteiger partial charge is 0.308 e. The Morgan fingerprint density at radius 1 is 1.06 bits per heavy atom. The van der Waals surface area contributed by atoms with Crippen molar-refractivity contribution in [1.29, 1.82) is 0 Å². The van der Waals surface area contributed by atoms with E-state index in [0.29, 0.717) is 44.4 Å². The maximum Gasteiger partial charge on any atom is 0.308 e. The highest BCUT2D eigenvalue weighted by Crippen LogP contribution is 2.42. The van der Waals surface area contributed by atoms with Crippen molar-refractivity contribution in [3.05, 3.63) is 35.6 Å². The van der Waals surface area contributed by atoms with Crippen molar-refractivity contribution in [2.75, 3.05) is 28.4 Å². The Hall–Kier alpha value is -1.90. The molecule has 0 radical (unpaired) electrons. The molecular weight excluding hydrogens is 683 g/mol. The molecule has 0 aliphatic carbocycles. The van der Waals surface area contributed by atoms with Gasteiger partial charge in [-0.05, 0) is 76.6 Å². The summed E-state index contributed by atoms with van der Waals surface area (Å²) in [6.07, 6.45) is 10.5. The van der Waals surface area contributed by atoms with E-state index in [-0.39, 0.29) is 59.5 Å². The fourth-order valence-electron chi connectivity index (χ4n) is 6.79. The Morgan fingerprint density at radius 3 is 2.33 bits per heavy atom. The van der Waals surface area contributed by atoms with Crippen LogP contribution >= 0.6 is 0 Å². The van der Waals surface area contributed by atoms with Crippen molar-refractivity contribution in [2.24, 2.45) is 11.8 Å². The summed E-state index contributed by atoms with van der Waals surface area (Å²) in [4.78, 5) is 17.1. The van der Waals surface area contributed by atoms with E-state index in [1.165, 1.54) is 7.11 Å². The summed E-state index contributed by atoms with van der Waals surface area (Å²) < 4.78 is 54.8. The van der Waals surface area contributed by atoms with Crippen LogP contribution < -0.4 is 0 Å². The van der Waals surface area contributed by atoms with E-state index < -0.39 is 19.9 Å². The Balaban J connectivity index is 1.77. The minimum Gasteiger partial charge on any atom is -0.469 e. The van der Waals surface area contributed by atoms with E-state index in [9.17, 15) is 4.79 Å². The van der Waals surface area contributed by atoms with Gasteiger partial charge in [0.2, 0.25) is 5.89 Å². The van der Waals surface area contributed by atoms with E-state index >= 15 is 0 Å². The van der Waals surface area contributed by atoms with Crippen LogP contribution in [0.2, 0.25) is 18.1 Å². The van der Waals surface area contributed by atoms with Crippen LogP contribution in [-0.2, 0) is 42.4 Å². The minimum atomic E-state index is -2.16. The molecule has 0 aromatic carbocycles. The van der Waals surface area contributed by atoms with E-state index in [0.717, 1.165) is 11.3 Å². The number of carbonyl (C=O) groups excluding carboxylic acids is 1. The number of aromatic nitrogens is 1. The van der Waals surface area contributed by atoms with Gasteiger partial charge in [0.25, 0.3) is 0 Å². The predicted molar refractivity (Wildman–Crippen MR) is 204 cm³/mol. The van der Waals surface area contributed by atoms with Gasteiger partial charge in [0.1, 0.15) is 18.1 Å². The van der Waals surface area contributed by atoms with Crippen LogP contribution in [0.1, 0.15) is 119 Å². The minimum absolute atomic E-state index is 0.0229. The van der Waals surface area contributed by atoms with Gasteiger partial charge >= 0.3 is 5.97 Å². The quantitative estimate of drug-likeness (QED) is 0.0658. The standard InChI is InChI=1S/C40H69NO10Si/c1-26(29(4)43-10)20-36-41-33(25-47-36)35-21-30(49-39(8,9)50-35)17-16-18-31-23-40(45-12,46-13)24-32(48-31)22-34(51-52(14,15)38(5,6)7)27(2)19-28(3)37(42)44-11/h16,18,20,25,27-32,34-35H,17,19,21-24H2,1-15H3/b18-16-,26-20-/t27-,28-,29+,30-,31+,32-,34-,35-/m0/s1. The van der Waals surface area contributed by atoms with Gasteiger partial charge in [-0.3, -0.25) is 4.79 Å². The Morgan fingerprint density at radius 2 is 1.73 bits per heavy atom. The van der Waals surface area contributed by atoms with Gasteiger partial charge < -0.3 is 42.0 Å². The highest BCUT2D eigenvalue weighted by molar-refractivity contribution is 6.74. The zero-order valence-electron chi connectivity index (χ0n) is 34.7. The molecule has 2 saturated heterocycles. The highest BCUT2D eigenvalue weighted by atomic mass is 28.4. The van der Waals surface area contributed by atoms with Crippen molar-refractivity contribution >= 4 is 20.4 Å². The maximum atomic E-state index is 12.4. The molecule has 3 heterocycles. The van der Waals surface area contributed by atoms with Gasteiger partial charge in [0.05, 0.1) is 43.5 Å². The molecule has 298 valence electrons. The molecule has 1 aromatic rings. The molecule has 8 atom stereocenters. The lowest BCUT2D eigenvalue weighted by Crippen LogP contribution is -2.50. The SMILES string of the molecule is COC(=O)[C@@H](C)C[C@H](C)[C@H](C[C@H]1CC(OC)(OC)C[C@@H](/C=C\C[C@H]2C[C@@H](c3coc(/C=C(/C)[C@@H](C)OC)n3)OC(C)(C)O2)O1)O[Si](C)(C)C(C)(C)C. The maximum absolute atomic E-state index is 12.4. The van der Waals surface area contributed by atoms with Crippen molar-refractivity contribution in [1.82, 2.24) is 4.98 Å². The van der Waals surface area contributed by atoms with Crippen molar-refractivity contribution < 1.29 is 46.8 Å². The predicted octanol–water partition coefficient (Wildman–Crippen LogP) is 8.79. The third kappa shape index (κ3) is 12.3. The second-order valence-electron chi connectivity index (χ2n) is 16.8. The highest BCUT2D eigenvalue weighted by Gasteiger charge is 2.45. The molecule has 0 spiro atoms. The summed E-state index contributed by atoms with van der Waals surface area (Å²) in [5.41, 5.74) is 1.76. The molecule has 0 bridgehead atoms. The Bertz CT molecular complexity index is 1330. The van der Waals surface area contributed by atoms with E-state index in [1.54, 1.807) is 27.6 Å². The van der Waals surface area contributed by atoms with Crippen LogP contribution in [-0.4, -0.2) is 89.8 Å². The lowest BCUT2D eigenvalue weighted by Gasteiger charge is -2.45. The van der Waals surface area contributed by atoms with E-state index in [4.69, 9.17) is 47.0 Å². The number of esters is 1. The number of methoxy groups -OCH3 is 4. The summed E-state index contributed by atoms with van der Waals surface area (Å²) in [6.45, 7) is 23.2. The first kappa shape index (κ1) is 44.5. The normalized spacial score (nSPS) is 26.6. The van der Waals surface area contributed by atoms with Crippen LogP contribution in [0.15, 0.2) is 28.4 Å². The van der Waals surface area contributed by atoms with Crippen LogP contribution in [0.5, 0.6) is 0 Å². The number of ether oxygens (including phenoxy) is 7. The molecule has 0 unspecified atom stereocenters. The second-order valence-corrected chi connectivity index (χ2v) is 21.6. The molecule has 2 aliphatic rings. The number of rotatable bonds is 17. The topological polar surface area (TPSA) is 117 Å². The number of hydrogen-bond acceptors (Lipinski definition) is 11. The Labute approximate surface area is 314 Å². The van der Waals surface area contributed by atoms with Crippen LogP contribution in [0.3, 0.4) is 0 Å². The number of oxazole rings is 1. The molecule has 1 aromatic heterocycles. The summed E-state index contributed by atoms with van der Waals surface area (Å²) in [7, 11) is 4.35. The average molecular weight is 752 g/mol. The number of hydrogen-bond donors (Lipinski definition) is 0. The van der Waals surface area contributed by atoms with Crippen LogP contribution in [0.4, 0.5) is 0 Å². The summed E-state index contributed by atoms with van der Waals surface area (Å²) in [5.74, 6) is -1.43. The van der Waals surface area contributed by atoms with E-state index in [2.05, 4.69) is 52.9 Å². The average Bonchev–Trinajstić information content (AvgIpc) is 3.54. The number of nitrogens with zero attached hydrogens (tertiary/aromatic N) is 1. The first-order valence-corrected chi connectivity index (χ1v) is 21.8. The first-order valence-electron chi connectivity index (χ1n) is 18.9. The zero-order chi connectivity index (χ0) is 39.1. The summed E-state index contributed by atoms with van der Waals surface area (Å²) in [6, 6.07) is 0. The van der Waals surface area contributed by atoms with Crippen molar-refractivity contribution in [3.63, 3.8) is 0 Å². The molecule has 2 fully saturated rings. The first-order chi connectivity index (χ1) is 24.2. The monoisotopic (exact) mass is 751 g/mol. The summed E-state index contributed by atoms with van der Waals surface area (Å²) >= 11 is 0. The molecule has 52 heavy (non-hydrogen) atoms. The largest absolute Gasteiger partial charge is 0.469 e. The molecule has 0 N–H and O–H groups in total. The van der Waals surface area contributed by atoms with Gasteiger partial charge in [-0.1, -0.05) is 46.8 Å². The van der Waals surface area contributed by atoms with Crippen molar-refractivity contribution in [3.8, 4) is 0 Å². The van der Waals surface area contributed by atoms with Gasteiger partial charge in [-0.2, -0.15) is 0 Å². The Kier molecular flexibility index (Phi) is 15.9. The molecule has 12 heteroatoms. The molecular formula is C40H69NO10Si. The third-order valence-electron chi connectivity index (χ3n) is 11.2. The van der Waals surface area contributed by atoms with Gasteiger partial charge in [0, 0.05) is 46.7 Å². The summed E-state index contributed by atoms with van der Waals surface area (Å²) in [5, 5.41) is 0.0229. The van der Waals surface area contributed by atoms with E-state index in [1.807, 2.05) is 40.7 Å². The molecule has 2 aliphatic heterocycles. The lowest BCUT2D eigenvalue weighted by molar-refractivity contribution is -0.302. The molecule has 11 nitrogen and oxygen atoms in total. The third-order valence-corrected chi connectivity index (χ3v) is 15.7. The second kappa shape index (κ2) is 18.6. The molecule has 0 saturated carbocycles. The fourth-order valence-corrected chi connectivity index (χ4v) is 8.23. The van der Waals surface area contributed by atoms with Crippen LogP contribution in [0.25, 0.3) is 6.08 Å². The fraction of sp³-hybridized carbons (Fsp3) is 0.800. The molecule has 3 rings (SSSR count).